The Kier molecular flexibility index (Phi) is 9.27. The molecule has 5 atom stereocenters. The average molecular weight is 526 g/mol. The first-order valence-corrected chi connectivity index (χ1v) is 13.7. The molecule has 200 valence electrons. The van der Waals surface area contributed by atoms with Crippen LogP contribution in [0.25, 0.3) is 11.6 Å². The lowest BCUT2D eigenvalue weighted by Crippen LogP contribution is -2.45. The molecule has 0 spiro atoms. The predicted octanol–water partition coefficient (Wildman–Crippen LogP) is 5.72. The van der Waals surface area contributed by atoms with Crippen LogP contribution in [0.4, 0.5) is 0 Å². The molecule has 3 rings (SSSR count). The Bertz CT molecular complexity index is 1190. The number of allylic oxidation sites excluding steroid dienone is 1. The van der Waals surface area contributed by atoms with Crippen LogP contribution in [0.2, 0.25) is 0 Å². The van der Waals surface area contributed by atoms with Crippen LogP contribution in [-0.4, -0.2) is 45.3 Å². The zero-order chi connectivity index (χ0) is 27.5. The van der Waals surface area contributed by atoms with Gasteiger partial charge in [-0.15, -0.1) is 11.3 Å². The van der Waals surface area contributed by atoms with E-state index in [1.807, 2.05) is 69.5 Å². The number of fused-ring (bicyclic) bond motifs is 2. The fourth-order valence-electron chi connectivity index (χ4n) is 4.72. The van der Waals surface area contributed by atoms with Crippen molar-refractivity contribution in [3.8, 4) is 0 Å². The predicted molar refractivity (Wildman–Crippen MR) is 148 cm³/mol. The van der Waals surface area contributed by atoms with Crippen molar-refractivity contribution in [2.24, 2.45) is 11.3 Å². The summed E-state index contributed by atoms with van der Waals surface area (Å²) in [5.41, 5.74) is 3.35. The Morgan fingerprint density at radius 2 is 1.86 bits per heavy atom. The second-order valence-corrected chi connectivity index (χ2v) is 11.8. The van der Waals surface area contributed by atoms with Gasteiger partial charge in [0.2, 0.25) is 0 Å². The van der Waals surface area contributed by atoms with Crippen LogP contribution in [0.15, 0.2) is 41.3 Å². The minimum absolute atomic E-state index is 0.294. The van der Waals surface area contributed by atoms with Crippen LogP contribution >= 0.6 is 11.3 Å². The van der Waals surface area contributed by atoms with E-state index in [2.05, 4.69) is 4.98 Å². The van der Waals surface area contributed by atoms with Gasteiger partial charge in [0.05, 0.1) is 34.7 Å². The van der Waals surface area contributed by atoms with E-state index in [1.54, 1.807) is 32.1 Å². The van der Waals surface area contributed by atoms with Crippen molar-refractivity contribution in [1.82, 2.24) is 4.98 Å². The smallest absolute Gasteiger partial charge is 0.309 e. The molecular weight excluding hydrogens is 486 g/mol. The van der Waals surface area contributed by atoms with Crippen LogP contribution < -0.4 is 0 Å². The number of aliphatic hydroxyl groups excluding tert-OH is 2. The van der Waals surface area contributed by atoms with Crippen LogP contribution in [0, 0.1) is 18.3 Å². The van der Waals surface area contributed by atoms with Gasteiger partial charge < -0.3 is 14.9 Å². The molecular formula is C30H39NO5S. The Labute approximate surface area is 224 Å². The molecule has 0 unspecified atom stereocenters. The van der Waals surface area contributed by atoms with E-state index in [9.17, 15) is 19.8 Å². The Morgan fingerprint density at radius 1 is 1.16 bits per heavy atom. The van der Waals surface area contributed by atoms with E-state index in [1.165, 1.54) is 0 Å². The Balaban J connectivity index is 2.04. The Hall–Kier alpha value is -2.61. The van der Waals surface area contributed by atoms with E-state index >= 15 is 0 Å². The van der Waals surface area contributed by atoms with Gasteiger partial charge in [-0.2, -0.15) is 0 Å². The summed E-state index contributed by atoms with van der Waals surface area (Å²) in [6, 6.07) is 7.94. The molecule has 1 aliphatic heterocycles. The summed E-state index contributed by atoms with van der Waals surface area (Å²) in [6.07, 6.45) is 1.34. The zero-order valence-electron chi connectivity index (χ0n) is 22.8. The number of aryl methyl sites for hydroxylation is 1. The molecule has 7 heteroatoms. The summed E-state index contributed by atoms with van der Waals surface area (Å²) >= 11 is 1.55. The van der Waals surface area contributed by atoms with Gasteiger partial charge in [-0.25, -0.2) is 4.98 Å². The topological polar surface area (TPSA) is 96.7 Å². The number of ketones is 1. The fourth-order valence-corrected chi connectivity index (χ4v) is 5.29. The molecule has 0 fully saturated rings. The molecule has 0 amide bonds. The van der Waals surface area contributed by atoms with Crippen molar-refractivity contribution in [2.75, 3.05) is 0 Å². The van der Waals surface area contributed by atoms with Crippen LogP contribution in [0.3, 0.4) is 0 Å². The third kappa shape index (κ3) is 6.83. The number of thiazole rings is 1. The largest absolute Gasteiger partial charge is 0.457 e. The summed E-state index contributed by atoms with van der Waals surface area (Å²) in [6.45, 7) is 12.7. The summed E-state index contributed by atoms with van der Waals surface area (Å²) in [7, 11) is 0. The first-order valence-electron chi connectivity index (χ1n) is 12.8. The minimum Gasteiger partial charge on any atom is -0.457 e. The van der Waals surface area contributed by atoms with Crippen molar-refractivity contribution >= 4 is 34.7 Å². The molecule has 1 aliphatic rings. The zero-order valence-corrected chi connectivity index (χ0v) is 23.6. The molecule has 0 saturated carbocycles. The molecule has 0 radical (unpaired) electrons. The normalized spacial score (nSPS) is 29.4. The molecule has 37 heavy (non-hydrogen) atoms. The highest BCUT2D eigenvalue weighted by molar-refractivity contribution is 7.09. The summed E-state index contributed by atoms with van der Waals surface area (Å²) in [5, 5.41) is 24.9. The number of carbonyl (C=O) groups excluding carboxylic acids is 2. The third-order valence-electron chi connectivity index (χ3n) is 7.57. The maximum absolute atomic E-state index is 13.4. The average Bonchev–Trinajstić information content (AvgIpc) is 3.27. The maximum Gasteiger partial charge on any atom is 0.309 e. The van der Waals surface area contributed by atoms with Crippen molar-refractivity contribution in [1.29, 1.82) is 0 Å². The summed E-state index contributed by atoms with van der Waals surface area (Å²) in [4.78, 5) is 30.8. The van der Waals surface area contributed by atoms with E-state index in [0.29, 0.717) is 6.42 Å². The summed E-state index contributed by atoms with van der Waals surface area (Å²) < 4.78 is 5.86. The lowest BCUT2D eigenvalue weighted by molar-refractivity contribution is -0.153. The number of Topliss-reactive ketones (excluding diaryl/α,β-unsaturated/α-hetero) is 1. The molecule has 2 aromatic rings. The number of carbonyl (C=O) groups is 2. The molecule has 6 nitrogen and oxygen atoms in total. The summed E-state index contributed by atoms with van der Waals surface area (Å²) in [5.74, 6) is -1.90. The van der Waals surface area contributed by atoms with Gasteiger partial charge in [0.1, 0.15) is 11.9 Å². The molecule has 1 aromatic heterocycles. The number of ether oxygens (including phenoxy) is 1. The van der Waals surface area contributed by atoms with Gasteiger partial charge in [-0.3, -0.25) is 9.59 Å². The Morgan fingerprint density at radius 3 is 2.51 bits per heavy atom. The van der Waals surface area contributed by atoms with Gasteiger partial charge in [-0.05, 0) is 49.1 Å². The van der Waals surface area contributed by atoms with Crippen molar-refractivity contribution in [3.63, 3.8) is 0 Å². The lowest BCUT2D eigenvalue weighted by atomic mass is 9.72. The highest BCUT2D eigenvalue weighted by atomic mass is 32.1. The number of aromatic nitrogens is 1. The number of nitrogens with zero attached hydrogens (tertiary/aromatic N) is 1. The number of cyclic esters (lactones) is 1. The highest BCUT2D eigenvalue weighted by Gasteiger charge is 2.42. The SMILES string of the molecule is CC(=Cc1csc(C)n1)[C@@H]1C/C=C(/C)c2cccc(c2)[C@H](C)[C@H](O)[C@@H](C)C(=O)C(C)(C)[C@@H](O)CC(=O)O1. The molecule has 2 heterocycles. The van der Waals surface area contributed by atoms with Gasteiger partial charge in [-0.1, -0.05) is 58.0 Å². The van der Waals surface area contributed by atoms with E-state index in [-0.39, 0.29) is 18.1 Å². The van der Waals surface area contributed by atoms with Crippen molar-refractivity contribution < 1.29 is 24.5 Å². The number of benzene rings is 1. The molecule has 0 saturated heterocycles. The fraction of sp³-hybridized carbons (Fsp3) is 0.500. The van der Waals surface area contributed by atoms with Gasteiger partial charge >= 0.3 is 5.97 Å². The first kappa shape index (κ1) is 29.0. The number of esters is 1. The van der Waals surface area contributed by atoms with E-state index in [4.69, 9.17) is 4.74 Å². The molecule has 1 aromatic carbocycles. The molecule has 2 bridgehead atoms. The number of rotatable bonds is 2. The monoisotopic (exact) mass is 525 g/mol. The highest BCUT2D eigenvalue weighted by Crippen LogP contribution is 2.34. The van der Waals surface area contributed by atoms with Crippen LogP contribution in [0.5, 0.6) is 0 Å². The van der Waals surface area contributed by atoms with Crippen molar-refractivity contribution in [2.45, 2.75) is 85.5 Å². The quantitative estimate of drug-likeness (QED) is 0.487. The van der Waals surface area contributed by atoms with E-state index in [0.717, 1.165) is 33.0 Å². The maximum atomic E-state index is 13.4. The molecule has 2 N–H and O–H groups in total. The standard InChI is InChI=1S/C30H39NO5S/c1-17-11-12-25(18(2)13-24-16-37-21(5)31-24)36-27(33)15-26(32)30(6,7)29(35)20(4)28(34)19(3)23-10-8-9-22(17)14-23/h8-11,13-14,16,19-20,25-26,28,32,34H,12,15H2,1-7H3/b17-11-,18-13?/t19-,20+,25-,26-,28-/m0/s1. The third-order valence-corrected chi connectivity index (χ3v) is 8.36. The number of hydrogen-bond donors (Lipinski definition) is 2. The minimum atomic E-state index is -1.25. The molecule has 0 aliphatic carbocycles. The second-order valence-electron chi connectivity index (χ2n) is 10.8. The lowest BCUT2D eigenvalue weighted by Gasteiger charge is -2.34. The van der Waals surface area contributed by atoms with Gasteiger partial charge in [0, 0.05) is 23.6 Å². The van der Waals surface area contributed by atoms with E-state index < -0.39 is 35.6 Å². The number of aliphatic hydroxyl groups is 2. The van der Waals surface area contributed by atoms with Crippen LogP contribution in [0.1, 0.15) is 82.1 Å². The van der Waals surface area contributed by atoms with Crippen LogP contribution in [-0.2, 0) is 14.3 Å². The van der Waals surface area contributed by atoms with Crippen molar-refractivity contribution in [3.05, 3.63) is 63.1 Å². The van der Waals surface area contributed by atoms with Gasteiger partial charge in [0.15, 0.2) is 0 Å². The first-order chi connectivity index (χ1) is 17.3. The van der Waals surface area contributed by atoms with Gasteiger partial charge in [0.25, 0.3) is 0 Å². The number of hydrogen-bond acceptors (Lipinski definition) is 7. The second kappa shape index (κ2) is 11.8.